The molecule has 17 heavy (non-hydrogen) atoms. The largest absolute Gasteiger partial charge is 0.390 e. The number of anilines is 1. The van der Waals surface area contributed by atoms with Gasteiger partial charge in [-0.25, -0.2) is 4.39 Å². The molecule has 2 rings (SSSR count). The van der Waals surface area contributed by atoms with Gasteiger partial charge in [0.15, 0.2) is 0 Å². The van der Waals surface area contributed by atoms with E-state index in [-0.39, 0.29) is 11.7 Å². The van der Waals surface area contributed by atoms with Gasteiger partial charge in [0.05, 0.1) is 5.60 Å². The van der Waals surface area contributed by atoms with E-state index < -0.39 is 5.60 Å². The molecule has 1 unspecified atom stereocenters. The van der Waals surface area contributed by atoms with Gasteiger partial charge in [-0.2, -0.15) is 0 Å². The second kappa shape index (κ2) is 4.30. The van der Waals surface area contributed by atoms with Crippen LogP contribution in [0.25, 0.3) is 0 Å². The van der Waals surface area contributed by atoms with Gasteiger partial charge in [-0.3, -0.25) is 0 Å². The molecule has 0 radical (unpaired) electrons. The van der Waals surface area contributed by atoms with Crippen LogP contribution in [0.4, 0.5) is 10.1 Å². The molecule has 0 saturated carbocycles. The first-order chi connectivity index (χ1) is 7.92. The van der Waals surface area contributed by atoms with Crippen molar-refractivity contribution in [2.24, 2.45) is 0 Å². The smallest absolute Gasteiger partial charge is 0.128 e. The average molecular weight is 237 g/mol. The lowest BCUT2D eigenvalue weighted by atomic mass is 9.89. The summed E-state index contributed by atoms with van der Waals surface area (Å²) in [7, 11) is 0. The van der Waals surface area contributed by atoms with E-state index in [1.165, 1.54) is 6.07 Å². The highest BCUT2D eigenvalue weighted by Gasteiger charge is 2.33. The molecule has 1 atom stereocenters. The second-order valence-corrected chi connectivity index (χ2v) is 5.42. The molecule has 1 N–H and O–H groups in total. The first kappa shape index (κ1) is 12.4. The maximum atomic E-state index is 13.9. The molecule has 1 aliphatic rings. The highest BCUT2D eigenvalue weighted by atomic mass is 19.1. The topological polar surface area (TPSA) is 23.5 Å². The van der Waals surface area contributed by atoms with E-state index in [4.69, 9.17) is 0 Å². The summed E-state index contributed by atoms with van der Waals surface area (Å²) in [6.45, 7) is 7.31. The van der Waals surface area contributed by atoms with Crippen LogP contribution in [-0.4, -0.2) is 23.8 Å². The molecule has 1 heterocycles. The molecule has 3 heteroatoms. The number of hydrogen-bond acceptors (Lipinski definition) is 2. The van der Waals surface area contributed by atoms with Crippen LogP contribution in [-0.2, 0) is 0 Å². The molecule has 94 valence electrons. The maximum Gasteiger partial charge on any atom is 0.128 e. The van der Waals surface area contributed by atoms with Crippen LogP contribution in [0.5, 0.6) is 0 Å². The van der Waals surface area contributed by atoms with Crippen molar-refractivity contribution in [2.45, 2.75) is 38.7 Å². The zero-order chi connectivity index (χ0) is 12.6. The third-order valence-corrected chi connectivity index (χ3v) is 3.35. The van der Waals surface area contributed by atoms with Crippen LogP contribution in [0.2, 0.25) is 0 Å². The molecule has 1 aromatic rings. The Labute approximate surface area is 102 Å². The van der Waals surface area contributed by atoms with Crippen molar-refractivity contribution in [3.63, 3.8) is 0 Å². The van der Waals surface area contributed by atoms with Gasteiger partial charge in [0.25, 0.3) is 0 Å². The Bertz CT molecular complexity index is 411. The van der Waals surface area contributed by atoms with E-state index >= 15 is 0 Å². The maximum absolute atomic E-state index is 13.9. The Morgan fingerprint density at radius 1 is 1.47 bits per heavy atom. The van der Waals surface area contributed by atoms with Crippen molar-refractivity contribution in [1.82, 2.24) is 0 Å². The predicted molar refractivity (Wildman–Crippen MR) is 67.9 cm³/mol. The van der Waals surface area contributed by atoms with Crippen LogP contribution in [0.1, 0.15) is 38.7 Å². The van der Waals surface area contributed by atoms with E-state index in [9.17, 15) is 9.50 Å². The van der Waals surface area contributed by atoms with Gasteiger partial charge in [-0.15, -0.1) is 0 Å². The summed E-state index contributed by atoms with van der Waals surface area (Å²) >= 11 is 0. The van der Waals surface area contributed by atoms with Gasteiger partial charge in [-0.05, 0) is 39.3 Å². The molecule has 0 bridgehead atoms. The number of hydrogen-bond donors (Lipinski definition) is 1. The summed E-state index contributed by atoms with van der Waals surface area (Å²) in [5.41, 5.74) is 1.01. The summed E-state index contributed by atoms with van der Waals surface area (Å²) < 4.78 is 13.9. The van der Waals surface area contributed by atoms with Crippen molar-refractivity contribution in [3.8, 4) is 0 Å². The van der Waals surface area contributed by atoms with Gasteiger partial charge >= 0.3 is 0 Å². The van der Waals surface area contributed by atoms with Crippen molar-refractivity contribution in [1.29, 1.82) is 0 Å². The Morgan fingerprint density at radius 2 is 2.18 bits per heavy atom. The van der Waals surface area contributed by atoms with Crippen LogP contribution < -0.4 is 4.90 Å². The summed E-state index contributed by atoms with van der Waals surface area (Å²) in [6, 6.07) is 5.23. The number of nitrogens with zero attached hydrogens (tertiary/aromatic N) is 1. The fourth-order valence-electron chi connectivity index (χ4n) is 2.73. The van der Waals surface area contributed by atoms with Crippen molar-refractivity contribution >= 4 is 5.69 Å². The molecule has 0 aliphatic carbocycles. The number of likely N-dealkylation sites (N-methyl/N-ethyl adjacent to an activating group) is 1. The quantitative estimate of drug-likeness (QED) is 0.873. The highest BCUT2D eigenvalue weighted by molar-refractivity contribution is 5.60. The number of halogens is 1. The third-order valence-electron chi connectivity index (χ3n) is 3.35. The first-order valence-electron chi connectivity index (χ1n) is 6.18. The van der Waals surface area contributed by atoms with Crippen LogP contribution in [0.3, 0.4) is 0 Å². The zero-order valence-corrected chi connectivity index (χ0v) is 10.7. The summed E-state index contributed by atoms with van der Waals surface area (Å²) in [6.07, 6.45) is 0.595. The third kappa shape index (κ3) is 2.44. The highest BCUT2D eigenvalue weighted by Crippen LogP contribution is 2.41. The molecule has 1 aromatic carbocycles. The van der Waals surface area contributed by atoms with Gasteiger partial charge in [0, 0.05) is 30.3 Å². The normalized spacial score (nSPS) is 19.6. The minimum Gasteiger partial charge on any atom is -0.390 e. The van der Waals surface area contributed by atoms with Crippen LogP contribution in [0.15, 0.2) is 18.2 Å². The van der Waals surface area contributed by atoms with E-state index in [0.717, 1.165) is 24.3 Å². The summed E-state index contributed by atoms with van der Waals surface area (Å²) in [4.78, 5) is 2.18. The minimum atomic E-state index is -0.756. The molecule has 0 saturated heterocycles. The molecule has 0 spiro atoms. The molecule has 2 nitrogen and oxygen atoms in total. The number of aliphatic hydroxyl groups is 1. The summed E-state index contributed by atoms with van der Waals surface area (Å²) in [5.74, 6) is -0.0566. The zero-order valence-electron chi connectivity index (χ0n) is 10.7. The first-order valence-corrected chi connectivity index (χ1v) is 6.18. The SMILES string of the molecule is CCN1CC(CC(C)(C)O)c2c(F)cccc21. The predicted octanol–water partition coefficient (Wildman–Crippen LogP) is 2.91. The molecular weight excluding hydrogens is 217 g/mol. The van der Waals surface area contributed by atoms with E-state index in [1.807, 2.05) is 6.07 Å². The Morgan fingerprint density at radius 3 is 2.76 bits per heavy atom. The van der Waals surface area contributed by atoms with Crippen LogP contribution >= 0.6 is 0 Å². The molecule has 0 fully saturated rings. The molecular formula is C14H20FNO. The van der Waals surface area contributed by atoms with Gasteiger partial charge in [0.1, 0.15) is 5.82 Å². The lowest BCUT2D eigenvalue weighted by Crippen LogP contribution is -2.26. The molecule has 0 aromatic heterocycles. The average Bonchev–Trinajstić information content (AvgIpc) is 2.55. The second-order valence-electron chi connectivity index (χ2n) is 5.42. The van der Waals surface area contributed by atoms with Crippen molar-refractivity contribution in [3.05, 3.63) is 29.6 Å². The number of rotatable bonds is 3. The summed E-state index contributed by atoms with van der Waals surface area (Å²) in [5, 5.41) is 9.91. The lowest BCUT2D eigenvalue weighted by molar-refractivity contribution is 0.0641. The van der Waals surface area contributed by atoms with E-state index in [2.05, 4.69) is 11.8 Å². The van der Waals surface area contributed by atoms with E-state index in [0.29, 0.717) is 6.42 Å². The van der Waals surface area contributed by atoms with Gasteiger partial charge in [0.2, 0.25) is 0 Å². The monoisotopic (exact) mass is 237 g/mol. The number of benzene rings is 1. The molecule has 1 aliphatic heterocycles. The fraction of sp³-hybridized carbons (Fsp3) is 0.571. The van der Waals surface area contributed by atoms with Gasteiger partial charge < -0.3 is 10.0 Å². The molecule has 0 amide bonds. The van der Waals surface area contributed by atoms with Crippen molar-refractivity contribution in [2.75, 3.05) is 18.0 Å². The van der Waals surface area contributed by atoms with E-state index in [1.54, 1.807) is 19.9 Å². The van der Waals surface area contributed by atoms with Gasteiger partial charge in [-0.1, -0.05) is 6.07 Å². The Balaban J connectivity index is 2.35. The minimum absolute atomic E-state index is 0.0890. The number of fused-ring (bicyclic) bond motifs is 1. The Hall–Kier alpha value is -1.09. The Kier molecular flexibility index (Phi) is 3.13. The van der Waals surface area contributed by atoms with Crippen LogP contribution in [0, 0.1) is 5.82 Å². The fourth-order valence-corrected chi connectivity index (χ4v) is 2.73. The lowest BCUT2D eigenvalue weighted by Gasteiger charge is -2.23. The van der Waals surface area contributed by atoms with Crippen molar-refractivity contribution < 1.29 is 9.50 Å². The standard InChI is InChI=1S/C14H20FNO/c1-4-16-9-10(8-14(2,3)17)13-11(15)6-5-7-12(13)16/h5-7,10,17H,4,8-9H2,1-3H3.